The molecule has 4 heteroatoms. The minimum absolute atomic E-state index is 0.00833. The molecule has 0 fully saturated rings. The van der Waals surface area contributed by atoms with Crippen molar-refractivity contribution >= 4 is 12.2 Å². The molecule has 0 spiro atoms. The number of likely N-dealkylation sites (N-methyl/N-ethyl adjacent to an activating group) is 1. The van der Waals surface area contributed by atoms with Crippen LogP contribution in [0.25, 0.3) is 0 Å². The predicted molar refractivity (Wildman–Crippen MR) is 54.2 cm³/mol. The van der Waals surface area contributed by atoms with Gasteiger partial charge in [0.1, 0.15) is 12.1 Å². The average Bonchev–Trinajstić information content (AvgIpc) is 2.15. The van der Waals surface area contributed by atoms with Crippen molar-refractivity contribution in [1.29, 1.82) is 0 Å². The van der Waals surface area contributed by atoms with Gasteiger partial charge in [0.2, 0.25) is 0 Å². The van der Waals surface area contributed by atoms with Gasteiger partial charge in [-0.15, -0.1) is 0 Å². The molecule has 0 heterocycles. The molecule has 0 unspecified atom stereocenters. The molecule has 0 aliphatic heterocycles. The number of amides is 1. The molecule has 0 atom stereocenters. The number of carbonyl (C=O) groups excluding carboxylic acids is 2. The van der Waals surface area contributed by atoms with Gasteiger partial charge in [-0.2, -0.15) is 0 Å². The smallest absolute Gasteiger partial charge is 0.254 e. The Hall–Kier alpha value is -1.71. The fourth-order valence-electron chi connectivity index (χ4n) is 1.27. The zero-order chi connectivity index (χ0) is 11.4. The molecule has 0 aromatic heterocycles. The van der Waals surface area contributed by atoms with Crippen LogP contribution in [0.2, 0.25) is 0 Å². The normalized spacial score (nSPS) is 9.80. The summed E-state index contributed by atoms with van der Waals surface area (Å²) in [6.45, 7) is 1.72. The van der Waals surface area contributed by atoms with Crippen LogP contribution in [-0.4, -0.2) is 30.7 Å². The number of carbonyl (C=O) groups is 2. The lowest BCUT2D eigenvalue weighted by atomic mass is 10.1. The summed E-state index contributed by atoms with van der Waals surface area (Å²) in [5.41, 5.74) is 0.940. The molecule has 1 aromatic rings. The van der Waals surface area contributed by atoms with Crippen LogP contribution in [0, 0.1) is 12.7 Å². The van der Waals surface area contributed by atoms with Crippen molar-refractivity contribution < 1.29 is 14.0 Å². The second kappa shape index (κ2) is 4.68. The third-order valence-electron chi connectivity index (χ3n) is 1.98. The summed E-state index contributed by atoms with van der Waals surface area (Å²) < 4.78 is 13.0. The van der Waals surface area contributed by atoms with Gasteiger partial charge in [0, 0.05) is 12.6 Å². The number of hydrogen-bond donors (Lipinski definition) is 0. The molecule has 0 saturated heterocycles. The first-order valence-corrected chi connectivity index (χ1v) is 4.51. The zero-order valence-electron chi connectivity index (χ0n) is 8.66. The molecular formula is C11H12FNO2. The Morgan fingerprint density at radius 1 is 1.47 bits per heavy atom. The van der Waals surface area contributed by atoms with Crippen LogP contribution in [0.4, 0.5) is 4.39 Å². The van der Waals surface area contributed by atoms with Crippen molar-refractivity contribution in [1.82, 2.24) is 4.90 Å². The van der Waals surface area contributed by atoms with Crippen LogP contribution < -0.4 is 0 Å². The topological polar surface area (TPSA) is 37.4 Å². The minimum Gasteiger partial charge on any atom is -0.335 e. The summed E-state index contributed by atoms with van der Waals surface area (Å²) in [5, 5.41) is 0. The lowest BCUT2D eigenvalue weighted by molar-refractivity contribution is -0.108. The molecule has 80 valence electrons. The molecule has 0 bridgehead atoms. The van der Waals surface area contributed by atoms with Gasteiger partial charge in [0.15, 0.2) is 0 Å². The van der Waals surface area contributed by atoms with E-state index in [1.165, 1.54) is 18.0 Å². The monoisotopic (exact) mass is 209 g/mol. The zero-order valence-corrected chi connectivity index (χ0v) is 8.66. The lowest BCUT2D eigenvalue weighted by Gasteiger charge is -2.13. The van der Waals surface area contributed by atoms with E-state index in [2.05, 4.69) is 0 Å². The molecule has 0 aliphatic carbocycles. The summed E-state index contributed by atoms with van der Waals surface area (Å²) in [6, 6.07) is 4.10. The number of aryl methyl sites for hydroxylation is 1. The first kappa shape index (κ1) is 11.4. The van der Waals surface area contributed by atoms with Gasteiger partial charge in [-0.1, -0.05) is 0 Å². The summed E-state index contributed by atoms with van der Waals surface area (Å²) in [6.07, 6.45) is 0.629. The van der Waals surface area contributed by atoms with Crippen molar-refractivity contribution in [3.63, 3.8) is 0 Å². The van der Waals surface area contributed by atoms with E-state index in [0.29, 0.717) is 11.8 Å². The number of halogens is 1. The van der Waals surface area contributed by atoms with Gasteiger partial charge in [-0.25, -0.2) is 4.39 Å². The third kappa shape index (κ3) is 2.87. The van der Waals surface area contributed by atoms with Gasteiger partial charge >= 0.3 is 0 Å². The Morgan fingerprint density at radius 3 is 2.67 bits per heavy atom. The molecular weight excluding hydrogens is 197 g/mol. The molecule has 0 saturated carbocycles. The van der Waals surface area contributed by atoms with E-state index < -0.39 is 5.82 Å². The third-order valence-corrected chi connectivity index (χ3v) is 1.98. The van der Waals surface area contributed by atoms with Crippen molar-refractivity contribution in [2.24, 2.45) is 0 Å². The number of aldehydes is 1. The number of rotatable bonds is 3. The lowest BCUT2D eigenvalue weighted by Crippen LogP contribution is -2.28. The number of hydrogen-bond acceptors (Lipinski definition) is 2. The Labute approximate surface area is 87.5 Å². The fourth-order valence-corrected chi connectivity index (χ4v) is 1.27. The maximum absolute atomic E-state index is 13.0. The SMILES string of the molecule is Cc1cc(F)cc(C(=O)N(C)CC=O)c1. The second-order valence-electron chi connectivity index (χ2n) is 3.37. The van der Waals surface area contributed by atoms with Crippen LogP contribution in [-0.2, 0) is 4.79 Å². The van der Waals surface area contributed by atoms with Crippen LogP contribution in [0.3, 0.4) is 0 Å². The summed E-state index contributed by atoms with van der Waals surface area (Å²) in [5.74, 6) is -0.803. The van der Waals surface area contributed by atoms with Gasteiger partial charge in [-0.3, -0.25) is 4.79 Å². The van der Waals surface area contributed by atoms with E-state index in [4.69, 9.17) is 0 Å². The fraction of sp³-hybridized carbons (Fsp3) is 0.273. The highest BCUT2D eigenvalue weighted by molar-refractivity contribution is 5.95. The highest BCUT2D eigenvalue weighted by Crippen LogP contribution is 2.10. The number of benzene rings is 1. The van der Waals surface area contributed by atoms with Crippen LogP contribution in [0.5, 0.6) is 0 Å². The number of nitrogens with zero attached hydrogens (tertiary/aromatic N) is 1. The van der Waals surface area contributed by atoms with Gasteiger partial charge < -0.3 is 9.69 Å². The highest BCUT2D eigenvalue weighted by atomic mass is 19.1. The maximum Gasteiger partial charge on any atom is 0.254 e. The quantitative estimate of drug-likeness (QED) is 0.706. The molecule has 0 N–H and O–H groups in total. The molecule has 15 heavy (non-hydrogen) atoms. The van der Waals surface area contributed by atoms with Crippen molar-refractivity contribution in [3.8, 4) is 0 Å². The van der Waals surface area contributed by atoms with Gasteiger partial charge in [-0.05, 0) is 30.7 Å². The minimum atomic E-state index is -0.446. The van der Waals surface area contributed by atoms with E-state index in [9.17, 15) is 14.0 Å². The summed E-state index contributed by atoms with van der Waals surface area (Å²) >= 11 is 0. The standard InChI is InChI=1S/C11H12FNO2/c1-8-5-9(7-10(12)6-8)11(15)13(2)3-4-14/h4-7H,3H2,1-2H3. The Morgan fingerprint density at radius 2 is 2.13 bits per heavy atom. The highest BCUT2D eigenvalue weighted by Gasteiger charge is 2.12. The van der Waals surface area contributed by atoms with Crippen molar-refractivity contribution in [3.05, 3.63) is 35.1 Å². The van der Waals surface area contributed by atoms with E-state index in [1.807, 2.05) is 0 Å². The van der Waals surface area contributed by atoms with Crippen LogP contribution >= 0.6 is 0 Å². The first-order chi connectivity index (χ1) is 7.04. The Balaban J connectivity index is 2.95. The molecule has 1 aromatic carbocycles. The van der Waals surface area contributed by atoms with Gasteiger partial charge in [0.25, 0.3) is 5.91 Å². The molecule has 1 amide bonds. The van der Waals surface area contributed by atoms with E-state index in [1.54, 1.807) is 13.0 Å². The summed E-state index contributed by atoms with van der Waals surface area (Å²) in [7, 11) is 1.50. The predicted octanol–water partition coefficient (Wildman–Crippen LogP) is 1.41. The van der Waals surface area contributed by atoms with E-state index >= 15 is 0 Å². The average molecular weight is 209 g/mol. The molecule has 0 radical (unpaired) electrons. The first-order valence-electron chi connectivity index (χ1n) is 4.51. The van der Waals surface area contributed by atoms with Crippen molar-refractivity contribution in [2.45, 2.75) is 6.92 Å². The molecule has 3 nitrogen and oxygen atoms in total. The molecule has 1 rings (SSSR count). The van der Waals surface area contributed by atoms with E-state index in [0.717, 1.165) is 6.07 Å². The van der Waals surface area contributed by atoms with Crippen LogP contribution in [0.15, 0.2) is 18.2 Å². The van der Waals surface area contributed by atoms with E-state index in [-0.39, 0.29) is 18.0 Å². The summed E-state index contributed by atoms with van der Waals surface area (Å²) in [4.78, 5) is 23.1. The second-order valence-corrected chi connectivity index (χ2v) is 3.37. The Kier molecular flexibility index (Phi) is 3.55. The Bertz CT molecular complexity index is 370. The largest absolute Gasteiger partial charge is 0.335 e. The maximum atomic E-state index is 13.0. The molecule has 0 aliphatic rings. The van der Waals surface area contributed by atoms with Crippen LogP contribution in [0.1, 0.15) is 15.9 Å². The van der Waals surface area contributed by atoms with Gasteiger partial charge in [0.05, 0.1) is 6.54 Å². The van der Waals surface area contributed by atoms with Crippen molar-refractivity contribution in [2.75, 3.05) is 13.6 Å².